The molecule has 1 heterocycles. The largest absolute Gasteiger partial charge is 0.370 e. The van der Waals surface area contributed by atoms with Crippen LogP contribution in [0.1, 0.15) is 27.7 Å². The lowest BCUT2D eigenvalue weighted by molar-refractivity contribution is -0.121. The van der Waals surface area contributed by atoms with E-state index in [0.717, 1.165) is 12.4 Å². The Labute approximate surface area is 115 Å². The molecule has 0 aliphatic heterocycles. The van der Waals surface area contributed by atoms with Gasteiger partial charge in [-0.25, -0.2) is 4.98 Å². The average molecular weight is 264 g/mol. The van der Waals surface area contributed by atoms with E-state index in [1.807, 2.05) is 32.0 Å². The summed E-state index contributed by atoms with van der Waals surface area (Å²) in [5, 5.41) is 9.14. The molecule has 0 radical (unpaired) electrons. The number of aromatic nitrogens is 1. The third-order valence-electron chi connectivity index (χ3n) is 2.55. The van der Waals surface area contributed by atoms with Crippen molar-refractivity contribution in [2.75, 3.05) is 23.7 Å². The number of carbonyl (C=O) groups excluding carboxylic acids is 1. The number of hydrogen-bond acceptors (Lipinski definition) is 4. The van der Waals surface area contributed by atoms with Crippen LogP contribution in [-0.4, -0.2) is 30.0 Å². The van der Waals surface area contributed by atoms with Gasteiger partial charge < -0.3 is 16.0 Å². The van der Waals surface area contributed by atoms with Gasteiger partial charge in [-0.05, 0) is 31.9 Å². The number of nitrogens with zero attached hydrogens (tertiary/aromatic N) is 1. The van der Waals surface area contributed by atoms with Gasteiger partial charge in [0.05, 0.1) is 0 Å². The van der Waals surface area contributed by atoms with Gasteiger partial charge in [-0.3, -0.25) is 4.79 Å². The highest BCUT2D eigenvalue weighted by Gasteiger charge is 2.13. The number of amides is 1. The van der Waals surface area contributed by atoms with Gasteiger partial charge in [0, 0.05) is 13.1 Å². The first-order valence-electron chi connectivity index (χ1n) is 6.78. The average Bonchev–Trinajstić information content (AvgIpc) is 2.36. The van der Waals surface area contributed by atoms with Gasteiger partial charge in [0.25, 0.3) is 0 Å². The van der Waals surface area contributed by atoms with Crippen LogP contribution in [0.5, 0.6) is 0 Å². The van der Waals surface area contributed by atoms with Crippen LogP contribution in [0, 0.1) is 5.92 Å². The van der Waals surface area contributed by atoms with E-state index in [0.29, 0.717) is 18.3 Å². The van der Waals surface area contributed by atoms with Gasteiger partial charge >= 0.3 is 0 Å². The van der Waals surface area contributed by atoms with Crippen molar-refractivity contribution in [3.63, 3.8) is 0 Å². The highest BCUT2D eigenvalue weighted by molar-refractivity contribution is 5.83. The molecule has 19 heavy (non-hydrogen) atoms. The zero-order valence-electron chi connectivity index (χ0n) is 12.2. The second-order valence-electron chi connectivity index (χ2n) is 4.94. The third-order valence-corrected chi connectivity index (χ3v) is 2.55. The Bertz CT molecular complexity index is 406. The highest BCUT2D eigenvalue weighted by Crippen LogP contribution is 2.10. The molecule has 0 bridgehead atoms. The smallest absolute Gasteiger partial charge is 0.242 e. The molecule has 3 N–H and O–H groups in total. The summed E-state index contributed by atoms with van der Waals surface area (Å²) in [5.41, 5.74) is 0. The van der Waals surface area contributed by atoms with Crippen molar-refractivity contribution in [2.24, 2.45) is 5.92 Å². The summed E-state index contributed by atoms with van der Waals surface area (Å²) in [5.74, 6) is 1.95. The summed E-state index contributed by atoms with van der Waals surface area (Å²) in [7, 11) is 0. The van der Waals surface area contributed by atoms with Crippen molar-refractivity contribution in [3.8, 4) is 0 Å². The predicted octanol–water partition coefficient (Wildman–Crippen LogP) is 2.09. The quantitative estimate of drug-likeness (QED) is 0.705. The van der Waals surface area contributed by atoms with Crippen molar-refractivity contribution in [1.29, 1.82) is 0 Å². The summed E-state index contributed by atoms with van der Waals surface area (Å²) in [6.45, 7) is 9.50. The minimum absolute atomic E-state index is 0.00986. The maximum absolute atomic E-state index is 11.8. The van der Waals surface area contributed by atoms with E-state index in [-0.39, 0.29) is 11.9 Å². The zero-order chi connectivity index (χ0) is 14.3. The first-order valence-corrected chi connectivity index (χ1v) is 6.78. The number of nitrogens with one attached hydrogen (secondary N) is 3. The number of pyridine rings is 1. The van der Waals surface area contributed by atoms with Crippen LogP contribution in [-0.2, 0) is 4.79 Å². The predicted molar refractivity (Wildman–Crippen MR) is 79.3 cm³/mol. The fraction of sp³-hybridized carbons (Fsp3) is 0.571. The van der Waals surface area contributed by atoms with E-state index >= 15 is 0 Å². The van der Waals surface area contributed by atoms with E-state index in [4.69, 9.17) is 0 Å². The maximum atomic E-state index is 11.8. The molecule has 0 fully saturated rings. The van der Waals surface area contributed by atoms with Crippen molar-refractivity contribution in [3.05, 3.63) is 18.2 Å². The van der Waals surface area contributed by atoms with Gasteiger partial charge in [-0.15, -0.1) is 0 Å². The SMILES string of the molecule is CCNc1cccc(NC(C)C(=O)NCC(C)C)n1. The molecule has 1 rings (SSSR count). The summed E-state index contributed by atoms with van der Waals surface area (Å²) >= 11 is 0. The van der Waals surface area contributed by atoms with E-state index in [1.54, 1.807) is 0 Å². The van der Waals surface area contributed by atoms with Crippen molar-refractivity contribution in [1.82, 2.24) is 10.3 Å². The lowest BCUT2D eigenvalue weighted by atomic mass is 10.2. The molecule has 106 valence electrons. The maximum Gasteiger partial charge on any atom is 0.242 e. The number of anilines is 2. The van der Waals surface area contributed by atoms with Gasteiger partial charge in [-0.1, -0.05) is 19.9 Å². The van der Waals surface area contributed by atoms with Gasteiger partial charge in [0.15, 0.2) is 0 Å². The highest BCUT2D eigenvalue weighted by atomic mass is 16.2. The Morgan fingerprint density at radius 3 is 2.58 bits per heavy atom. The fourth-order valence-electron chi connectivity index (χ4n) is 1.54. The zero-order valence-corrected chi connectivity index (χ0v) is 12.2. The Hall–Kier alpha value is -1.78. The van der Waals surface area contributed by atoms with Crippen LogP contribution < -0.4 is 16.0 Å². The molecule has 0 aliphatic rings. The molecule has 0 aliphatic carbocycles. The minimum atomic E-state index is -0.303. The normalized spacial score (nSPS) is 12.1. The molecular formula is C14H24N4O. The number of rotatable bonds is 7. The summed E-state index contributed by atoms with van der Waals surface area (Å²) in [6, 6.07) is 5.36. The standard InChI is InChI=1S/C14H24N4O/c1-5-15-12-7-6-8-13(18-12)17-11(4)14(19)16-9-10(2)3/h6-8,10-11H,5,9H2,1-4H3,(H,16,19)(H2,15,17,18). The molecule has 5 nitrogen and oxygen atoms in total. The monoisotopic (exact) mass is 264 g/mol. The Balaban J connectivity index is 2.53. The van der Waals surface area contributed by atoms with Crippen molar-refractivity contribution >= 4 is 17.5 Å². The second kappa shape index (κ2) is 7.61. The van der Waals surface area contributed by atoms with E-state index < -0.39 is 0 Å². The molecule has 0 saturated carbocycles. The topological polar surface area (TPSA) is 66.0 Å². The summed E-state index contributed by atoms with van der Waals surface area (Å²) in [6.07, 6.45) is 0. The van der Waals surface area contributed by atoms with Crippen molar-refractivity contribution in [2.45, 2.75) is 33.7 Å². The molecule has 0 aromatic carbocycles. The lowest BCUT2D eigenvalue weighted by Gasteiger charge is -2.16. The van der Waals surface area contributed by atoms with Crippen LogP contribution >= 0.6 is 0 Å². The minimum Gasteiger partial charge on any atom is -0.370 e. The second-order valence-corrected chi connectivity index (χ2v) is 4.94. The van der Waals surface area contributed by atoms with Crippen LogP contribution in [0.3, 0.4) is 0 Å². The van der Waals surface area contributed by atoms with Gasteiger partial charge in [0.1, 0.15) is 17.7 Å². The van der Waals surface area contributed by atoms with Crippen LogP contribution in [0.2, 0.25) is 0 Å². The first-order chi connectivity index (χ1) is 9.02. The molecule has 1 aromatic rings. The van der Waals surface area contributed by atoms with E-state index in [9.17, 15) is 4.79 Å². The van der Waals surface area contributed by atoms with Crippen molar-refractivity contribution < 1.29 is 4.79 Å². The lowest BCUT2D eigenvalue weighted by Crippen LogP contribution is -2.39. The van der Waals surface area contributed by atoms with Gasteiger partial charge in [-0.2, -0.15) is 0 Å². The number of hydrogen-bond donors (Lipinski definition) is 3. The third kappa shape index (κ3) is 5.59. The van der Waals surface area contributed by atoms with Crippen LogP contribution in [0.15, 0.2) is 18.2 Å². The molecule has 1 aromatic heterocycles. The van der Waals surface area contributed by atoms with Crippen LogP contribution in [0.4, 0.5) is 11.6 Å². The first kappa shape index (κ1) is 15.3. The van der Waals surface area contributed by atoms with E-state index in [1.165, 1.54) is 0 Å². The Morgan fingerprint density at radius 1 is 1.26 bits per heavy atom. The summed E-state index contributed by atoms with van der Waals surface area (Å²) in [4.78, 5) is 16.2. The Morgan fingerprint density at radius 2 is 1.95 bits per heavy atom. The fourth-order valence-corrected chi connectivity index (χ4v) is 1.54. The van der Waals surface area contributed by atoms with Gasteiger partial charge in [0.2, 0.25) is 5.91 Å². The Kier molecular flexibility index (Phi) is 6.12. The molecule has 5 heteroatoms. The molecule has 0 spiro atoms. The molecule has 0 saturated heterocycles. The molecule has 1 unspecified atom stereocenters. The molecular weight excluding hydrogens is 240 g/mol. The molecule has 1 amide bonds. The molecule has 1 atom stereocenters. The number of carbonyl (C=O) groups is 1. The van der Waals surface area contributed by atoms with Crippen LogP contribution in [0.25, 0.3) is 0 Å². The van der Waals surface area contributed by atoms with E-state index in [2.05, 4.69) is 34.8 Å². The summed E-state index contributed by atoms with van der Waals surface area (Å²) < 4.78 is 0.